The van der Waals surface area contributed by atoms with Crippen LogP contribution in [-0.4, -0.2) is 39.7 Å². The zero-order valence-corrected chi connectivity index (χ0v) is 20.8. The second-order valence-electron chi connectivity index (χ2n) is 8.91. The number of carbonyl (C=O) groups excluding carboxylic acids is 1. The van der Waals surface area contributed by atoms with Crippen LogP contribution in [0.5, 0.6) is 11.6 Å². The number of hydrogen-bond donors (Lipinski definition) is 2. The van der Waals surface area contributed by atoms with Gasteiger partial charge in [-0.1, -0.05) is 24.3 Å². The molecule has 39 heavy (non-hydrogen) atoms. The van der Waals surface area contributed by atoms with Crippen LogP contribution in [0.2, 0.25) is 0 Å². The third-order valence-corrected chi connectivity index (χ3v) is 6.12. The number of rotatable bonds is 8. The van der Waals surface area contributed by atoms with Crippen LogP contribution < -0.4 is 20.9 Å². The van der Waals surface area contributed by atoms with Gasteiger partial charge in [0.25, 0.3) is 11.5 Å². The highest BCUT2D eigenvalue weighted by Crippen LogP contribution is 2.23. The second kappa shape index (κ2) is 11.8. The van der Waals surface area contributed by atoms with Crippen LogP contribution in [0.15, 0.2) is 77.7 Å². The van der Waals surface area contributed by atoms with E-state index in [1.54, 1.807) is 42.5 Å². The molecule has 0 aliphatic carbocycles. The molecular weight excluding hydrogens is 508 g/mol. The van der Waals surface area contributed by atoms with Crippen molar-refractivity contribution < 1.29 is 23.0 Å². The lowest BCUT2D eigenvalue weighted by Crippen LogP contribution is -2.41. The average Bonchev–Trinajstić information content (AvgIpc) is 2.93. The van der Waals surface area contributed by atoms with Gasteiger partial charge in [0.05, 0.1) is 6.54 Å². The molecular formula is C28H25F2N5O4. The summed E-state index contributed by atoms with van der Waals surface area (Å²) in [6.45, 7) is 1.09. The summed E-state index contributed by atoms with van der Waals surface area (Å²) in [5.41, 5.74) is 0.0370. The van der Waals surface area contributed by atoms with Crippen molar-refractivity contribution in [3.63, 3.8) is 0 Å². The van der Waals surface area contributed by atoms with E-state index in [0.29, 0.717) is 43.1 Å². The number of anilines is 2. The Balaban J connectivity index is 1.40. The number of carbonyl (C=O) groups is 1. The highest BCUT2D eigenvalue weighted by Gasteiger charge is 2.21. The number of amides is 1. The molecule has 2 N–H and O–H groups in total. The Hall–Kier alpha value is -4.64. The van der Waals surface area contributed by atoms with Crippen molar-refractivity contribution in [3.8, 4) is 11.6 Å². The van der Waals surface area contributed by atoms with Gasteiger partial charge in [0, 0.05) is 42.8 Å². The van der Waals surface area contributed by atoms with Crippen LogP contribution in [0.4, 0.5) is 20.4 Å². The minimum atomic E-state index is -0.719. The molecule has 200 valence electrons. The summed E-state index contributed by atoms with van der Waals surface area (Å²) in [4.78, 5) is 33.6. The maximum Gasteiger partial charge on any atom is 0.287 e. The molecule has 1 aliphatic rings. The fourth-order valence-electron chi connectivity index (χ4n) is 4.09. The van der Waals surface area contributed by atoms with Crippen LogP contribution in [0.25, 0.3) is 0 Å². The predicted octanol–water partition coefficient (Wildman–Crippen LogP) is 4.41. The lowest BCUT2D eigenvalue weighted by Gasteiger charge is -2.23. The van der Waals surface area contributed by atoms with Crippen LogP contribution in [-0.2, 0) is 11.3 Å². The van der Waals surface area contributed by atoms with Crippen molar-refractivity contribution in [2.45, 2.75) is 25.4 Å². The molecule has 1 saturated heterocycles. The Morgan fingerprint density at radius 3 is 2.51 bits per heavy atom. The van der Waals surface area contributed by atoms with Gasteiger partial charge in [-0.25, -0.2) is 4.39 Å². The first-order valence-electron chi connectivity index (χ1n) is 12.4. The van der Waals surface area contributed by atoms with Gasteiger partial charge in [0.2, 0.25) is 17.8 Å². The number of hydrogen-bond acceptors (Lipinski definition) is 7. The molecule has 4 aromatic rings. The molecule has 0 atom stereocenters. The molecule has 1 aliphatic heterocycles. The Kier molecular flexibility index (Phi) is 7.88. The highest BCUT2D eigenvalue weighted by molar-refractivity contribution is 5.93. The molecule has 0 spiro atoms. The van der Waals surface area contributed by atoms with Crippen LogP contribution in [0.3, 0.4) is 0 Å². The highest BCUT2D eigenvalue weighted by atomic mass is 19.1. The summed E-state index contributed by atoms with van der Waals surface area (Å²) in [6.07, 6.45) is 2.68. The maximum atomic E-state index is 14.5. The Morgan fingerprint density at radius 1 is 1.00 bits per heavy atom. The Bertz CT molecular complexity index is 1520. The van der Waals surface area contributed by atoms with E-state index in [2.05, 4.69) is 20.6 Å². The zero-order chi connectivity index (χ0) is 27.2. The maximum absolute atomic E-state index is 14.5. The van der Waals surface area contributed by atoms with Gasteiger partial charge in [-0.15, -0.1) is 0 Å². The fraction of sp³-hybridized carbons (Fsp3) is 0.214. The van der Waals surface area contributed by atoms with Gasteiger partial charge in [0.1, 0.15) is 17.1 Å². The molecule has 0 radical (unpaired) electrons. The van der Waals surface area contributed by atoms with E-state index in [1.807, 2.05) is 0 Å². The zero-order valence-electron chi connectivity index (χ0n) is 20.8. The van der Waals surface area contributed by atoms with E-state index in [-0.39, 0.29) is 30.0 Å². The van der Waals surface area contributed by atoms with E-state index in [9.17, 15) is 18.4 Å². The third kappa shape index (κ3) is 6.63. The van der Waals surface area contributed by atoms with Crippen molar-refractivity contribution in [2.75, 3.05) is 18.5 Å². The van der Waals surface area contributed by atoms with E-state index in [4.69, 9.17) is 9.47 Å². The van der Waals surface area contributed by atoms with Gasteiger partial charge >= 0.3 is 0 Å². The molecule has 0 bridgehead atoms. The first-order chi connectivity index (χ1) is 18.9. The third-order valence-electron chi connectivity index (χ3n) is 6.12. The number of nitrogens with one attached hydrogen (secondary N) is 2. The number of nitrogens with zero attached hydrogens (tertiary/aromatic N) is 3. The number of pyridine rings is 1. The van der Waals surface area contributed by atoms with Crippen molar-refractivity contribution in [3.05, 3.63) is 106 Å². The Morgan fingerprint density at radius 2 is 1.77 bits per heavy atom. The summed E-state index contributed by atoms with van der Waals surface area (Å²) < 4.78 is 40.2. The average molecular weight is 534 g/mol. The topological polar surface area (TPSA) is 107 Å². The summed E-state index contributed by atoms with van der Waals surface area (Å²) in [5.74, 6) is -0.995. The molecule has 0 unspecified atom stereocenters. The van der Waals surface area contributed by atoms with Crippen molar-refractivity contribution in [2.24, 2.45) is 0 Å². The number of ether oxygens (including phenoxy) is 2. The molecule has 2 aromatic carbocycles. The molecule has 1 amide bonds. The summed E-state index contributed by atoms with van der Waals surface area (Å²) in [7, 11) is 0. The van der Waals surface area contributed by atoms with Crippen LogP contribution in [0.1, 0.15) is 28.8 Å². The fourth-order valence-corrected chi connectivity index (χ4v) is 4.09. The molecule has 9 nitrogen and oxygen atoms in total. The van der Waals surface area contributed by atoms with Crippen molar-refractivity contribution in [1.29, 1.82) is 0 Å². The SMILES string of the molecule is O=C(NC1CCOCC1)c1cn(Cc2ccccc2F)c(Nc2ccc(Oc3cccc(F)n3)cc2)nc1=O. The van der Waals surface area contributed by atoms with Gasteiger partial charge in [0.15, 0.2) is 0 Å². The van der Waals surface area contributed by atoms with Crippen molar-refractivity contribution >= 4 is 17.5 Å². The lowest BCUT2D eigenvalue weighted by atomic mass is 10.1. The molecule has 1 fully saturated rings. The van der Waals surface area contributed by atoms with Crippen LogP contribution >= 0.6 is 0 Å². The number of benzene rings is 2. The Labute approximate surface area is 222 Å². The smallest absolute Gasteiger partial charge is 0.287 e. The summed E-state index contributed by atoms with van der Waals surface area (Å²) >= 11 is 0. The minimum Gasteiger partial charge on any atom is -0.439 e. The van der Waals surface area contributed by atoms with E-state index in [0.717, 1.165) is 0 Å². The summed E-state index contributed by atoms with van der Waals surface area (Å²) in [5, 5.41) is 5.92. The second-order valence-corrected chi connectivity index (χ2v) is 8.91. The predicted molar refractivity (Wildman–Crippen MR) is 139 cm³/mol. The number of aromatic nitrogens is 3. The van der Waals surface area contributed by atoms with Gasteiger partial charge < -0.3 is 24.7 Å². The molecule has 2 aromatic heterocycles. The number of halogens is 2. The van der Waals surface area contributed by atoms with Crippen molar-refractivity contribution in [1.82, 2.24) is 19.9 Å². The van der Waals surface area contributed by atoms with E-state index < -0.39 is 23.2 Å². The largest absolute Gasteiger partial charge is 0.439 e. The molecule has 11 heteroatoms. The van der Waals surface area contributed by atoms with Gasteiger partial charge in [-0.3, -0.25) is 9.59 Å². The normalized spacial score (nSPS) is 13.6. The van der Waals surface area contributed by atoms with Gasteiger partial charge in [-0.05, 0) is 49.2 Å². The summed E-state index contributed by atoms with van der Waals surface area (Å²) in [6, 6.07) is 17.0. The minimum absolute atomic E-state index is 0.0201. The monoisotopic (exact) mass is 533 g/mol. The lowest BCUT2D eigenvalue weighted by molar-refractivity contribution is 0.0695. The molecule has 0 saturated carbocycles. The first-order valence-corrected chi connectivity index (χ1v) is 12.4. The first kappa shape index (κ1) is 26.0. The standard InChI is InChI=1S/C28H25F2N5O4/c29-23-5-2-1-4-18(23)16-35-17-22(26(36)31-20-12-14-38-15-13-20)27(37)34-28(35)32-19-8-10-21(11-9-19)39-25-7-3-6-24(30)33-25/h1-11,17,20H,12-16H2,(H,31,36)(H,32,34,37). The van der Waals surface area contributed by atoms with Crippen LogP contribution in [0, 0.1) is 11.8 Å². The molecule has 3 heterocycles. The van der Waals surface area contributed by atoms with Gasteiger partial charge in [-0.2, -0.15) is 14.4 Å². The quantitative estimate of drug-likeness (QED) is 0.323. The molecule has 5 rings (SSSR count). The van der Waals surface area contributed by atoms with E-state index in [1.165, 1.54) is 35.0 Å². The van der Waals surface area contributed by atoms with E-state index >= 15 is 0 Å².